The Morgan fingerprint density at radius 2 is 2.06 bits per heavy atom. The monoisotopic (exact) mass is 267 g/mol. The molecule has 18 heavy (non-hydrogen) atoms. The number of halogens is 1. The molecule has 0 N–H and O–H groups in total. The first-order valence-corrected chi connectivity index (χ1v) is 6.97. The topological polar surface area (TPSA) is 20.3 Å². The van der Waals surface area contributed by atoms with E-state index in [1.807, 2.05) is 20.0 Å². The fourth-order valence-corrected chi connectivity index (χ4v) is 2.08. The molecule has 0 saturated carbocycles. The molecular formula is C15H22ClNO. The van der Waals surface area contributed by atoms with E-state index in [1.165, 1.54) is 18.4 Å². The number of nitrogens with zero attached hydrogens (tertiary/aromatic N) is 1. The second-order valence-electron chi connectivity index (χ2n) is 4.63. The Morgan fingerprint density at radius 1 is 1.33 bits per heavy atom. The highest BCUT2D eigenvalue weighted by molar-refractivity contribution is 6.31. The molecule has 1 aromatic rings. The van der Waals surface area contributed by atoms with Crippen molar-refractivity contribution < 1.29 is 4.79 Å². The van der Waals surface area contributed by atoms with Crippen molar-refractivity contribution in [3.63, 3.8) is 0 Å². The van der Waals surface area contributed by atoms with E-state index in [2.05, 4.69) is 19.1 Å². The Balaban J connectivity index is 2.77. The van der Waals surface area contributed by atoms with E-state index >= 15 is 0 Å². The van der Waals surface area contributed by atoms with E-state index in [0.29, 0.717) is 13.0 Å². The minimum atomic E-state index is 0.144. The molecule has 0 atom stereocenters. The Hall–Kier alpha value is -1.02. The molecule has 3 heteroatoms. The lowest BCUT2D eigenvalue weighted by Crippen LogP contribution is -2.25. The zero-order valence-corrected chi connectivity index (χ0v) is 12.3. The highest BCUT2D eigenvalue weighted by Crippen LogP contribution is 2.20. The third-order valence-corrected chi connectivity index (χ3v) is 3.43. The SMILES string of the molecule is CCCCc1ccc(Cl)c(CN(C)C(=O)CC)c1. The van der Waals surface area contributed by atoms with Crippen LogP contribution < -0.4 is 0 Å². The van der Waals surface area contributed by atoms with Crippen LogP contribution in [0.5, 0.6) is 0 Å². The first-order valence-electron chi connectivity index (χ1n) is 6.59. The zero-order valence-electron chi connectivity index (χ0n) is 11.5. The maximum absolute atomic E-state index is 11.6. The van der Waals surface area contributed by atoms with Crippen LogP contribution in [-0.2, 0) is 17.8 Å². The molecule has 0 bridgehead atoms. The molecule has 0 aliphatic heterocycles. The number of hydrogen-bond donors (Lipinski definition) is 0. The molecule has 0 aromatic heterocycles. The van der Waals surface area contributed by atoms with Crippen LogP contribution >= 0.6 is 11.6 Å². The van der Waals surface area contributed by atoms with Crippen LogP contribution in [0.2, 0.25) is 5.02 Å². The minimum Gasteiger partial charge on any atom is -0.341 e. The molecule has 0 heterocycles. The van der Waals surface area contributed by atoms with Crippen molar-refractivity contribution in [3.8, 4) is 0 Å². The van der Waals surface area contributed by atoms with Gasteiger partial charge in [-0.1, -0.05) is 44.0 Å². The Kier molecular flexibility index (Phi) is 6.20. The van der Waals surface area contributed by atoms with Crippen molar-refractivity contribution in [3.05, 3.63) is 34.3 Å². The van der Waals surface area contributed by atoms with Gasteiger partial charge in [-0.25, -0.2) is 0 Å². The van der Waals surface area contributed by atoms with Crippen LogP contribution in [0, 0.1) is 0 Å². The molecule has 0 saturated heterocycles. The van der Waals surface area contributed by atoms with E-state index in [4.69, 9.17) is 11.6 Å². The second-order valence-corrected chi connectivity index (χ2v) is 5.04. The predicted octanol–water partition coefficient (Wildman–Crippen LogP) is 4.05. The van der Waals surface area contributed by atoms with E-state index in [9.17, 15) is 4.79 Å². The zero-order chi connectivity index (χ0) is 13.5. The van der Waals surface area contributed by atoms with Crippen LogP contribution in [0.3, 0.4) is 0 Å². The molecule has 2 nitrogen and oxygen atoms in total. The van der Waals surface area contributed by atoms with Gasteiger partial charge in [0.05, 0.1) is 0 Å². The van der Waals surface area contributed by atoms with Gasteiger partial charge in [0.15, 0.2) is 0 Å². The molecule has 1 aromatic carbocycles. The summed E-state index contributed by atoms with van der Waals surface area (Å²) in [5.74, 6) is 0.144. The summed E-state index contributed by atoms with van der Waals surface area (Å²) in [4.78, 5) is 13.3. The number of aryl methyl sites for hydroxylation is 1. The molecule has 0 aliphatic carbocycles. The number of carbonyl (C=O) groups excluding carboxylic acids is 1. The van der Waals surface area contributed by atoms with Gasteiger partial charge in [0.2, 0.25) is 5.91 Å². The van der Waals surface area contributed by atoms with Crippen molar-refractivity contribution in [2.45, 2.75) is 46.1 Å². The van der Waals surface area contributed by atoms with Gasteiger partial charge in [0.1, 0.15) is 0 Å². The maximum Gasteiger partial charge on any atom is 0.222 e. The summed E-state index contributed by atoms with van der Waals surface area (Å²) < 4.78 is 0. The van der Waals surface area contributed by atoms with Gasteiger partial charge in [-0.2, -0.15) is 0 Å². The first-order chi connectivity index (χ1) is 8.58. The normalized spacial score (nSPS) is 10.4. The number of amides is 1. The van der Waals surface area contributed by atoms with Gasteiger partial charge >= 0.3 is 0 Å². The van der Waals surface area contributed by atoms with Crippen LogP contribution in [0.15, 0.2) is 18.2 Å². The van der Waals surface area contributed by atoms with Gasteiger partial charge in [-0.3, -0.25) is 4.79 Å². The summed E-state index contributed by atoms with van der Waals surface area (Å²) in [6, 6.07) is 6.13. The Labute approximate surface area is 115 Å². The van der Waals surface area contributed by atoms with Gasteiger partial charge in [0.25, 0.3) is 0 Å². The summed E-state index contributed by atoms with van der Waals surface area (Å²) in [5.41, 5.74) is 2.34. The van der Waals surface area contributed by atoms with Crippen LogP contribution in [0.1, 0.15) is 44.2 Å². The van der Waals surface area contributed by atoms with E-state index in [1.54, 1.807) is 4.90 Å². The Morgan fingerprint density at radius 3 is 2.67 bits per heavy atom. The van der Waals surface area contributed by atoms with Crippen LogP contribution in [0.25, 0.3) is 0 Å². The van der Waals surface area contributed by atoms with Gasteiger partial charge in [0, 0.05) is 25.0 Å². The standard InChI is InChI=1S/C15H22ClNO/c1-4-6-7-12-8-9-14(16)13(10-12)11-17(3)15(18)5-2/h8-10H,4-7,11H2,1-3H3. The average molecular weight is 268 g/mol. The highest BCUT2D eigenvalue weighted by Gasteiger charge is 2.09. The maximum atomic E-state index is 11.6. The summed E-state index contributed by atoms with van der Waals surface area (Å²) >= 11 is 6.18. The lowest BCUT2D eigenvalue weighted by molar-refractivity contribution is -0.130. The molecule has 0 radical (unpaired) electrons. The van der Waals surface area contributed by atoms with Crippen molar-refractivity contribution >= 4 is 17.5 Å². The largest absolute Gasteiger partial charge is 0.341 e. The molecule has 1 amide bonds. The lowest BCUT2D eigenvalue weighted by Gasteiger charge is -2.17. The number of rotatable bonds is 6. The molecule has 0 spiro atoms. The molecule has 0 aliphatic rings. The molecule has 0 unspecified atom stereocenters. The number of benzene rings is 1. The third kappa shape index (κ3) is 4.34. The van der Waals surface area contributed by atoms with Crippen LogP contribution in [0.4, 0.5) is 0 Å². The second kappa shape index (κ2) is 7.42. The summed E-state index contributed by atoms with van der Waals surface area (Å²) in [7, 11) is 1.82. The quantitative estimate of drug-likeness (QED) is 0.761. The van der Waals surface area contributed by atoms with Gasteiger partial charge < -0.3 is 4.90 Å². The lowest BCUT2D eigenvalue weighted by atomic mass is 10.1. The van der Waals surface area contributed by atoms with Crippen LogP contribution in [-0.4, -0.2) is 17.9 Å². The molecule has 100 valence electrons. The Bertz CT molecular complexity index is 403. The van der Waals surface area contributed by atoms with Crippen molar-refractivity contribution in [2.24, 2.45) is 0 Å². The summed E-state index contributed by atoms with van der Waals surface area (Å²) in [5, 5.41) is 0.742. The van der Waals surface area contributed by atoms with Gasteiger partial charge in [-0.15, -0.1) is 0 Å². The average Bonchev–Trinajstić information content (AvgIpc) is 2.38. The van der Waals surface area contributed by atoms with Crippen molar-refractivity contribution in [1.29, 1.82) is 0 Å². The fourth-order valence-electron chi connectivity index (χ4n) is 1.90. The van der Waals surface area contributed by atoms with Crippen molar-refractivity contribution in [2.75, 3.05) is 7.05 Å². The fraction of sp³-hybridized carbons (Fsp3) is 0.533. The molecular weight excluding hydrogens is 246 g/mol. The van der Waals surface area contributed by atoms with E-state index in [-0.39, 0.29) is 5.91 Å². The van der Waals surface area contributed by atoms with Crippen molar-refractivity contribution in [1.82, 2.24) is 4.90 Å². The summed E-state index contributed by atoms with van der Waals surface area (Å²) in [6.45, 7) is 4.65. The van der Waals surface area contributed by atoms with E-state index < -0.39 is 0 Å². The smallest absolute Gasteiger partial charge is 0.222 e. The number of hydrogen-bond acceptors (Lipinski definition) is 1. The van der Waals surface area contributed by atoms with E-state index in [0.717, 1.165) is 17.0 Å². The molecule has 0 fully saturated rings. The highest BCUT2D eigenvalue weighted by atomic mass is 35.5. The number of carbonyl (C=O) groups is 1. The number of unbranched alkanes of at least 4 members (excludes halogenated alkanes) is 1. The summed E-state index contributed by atoms with van der Waals surface area (Å²) in [6.07, 6.45) is 3.98. The third-order valence-electron chi connectivity index (χ3n) is 3.06. The molecule has 1 rings (SSSR count). The first kappa shape index (κ1) is 15.0. The minimum absolute atomic E-state index is 0.144. The van der Waals surface area contributed by atoms with Gasteiger partial charge in [-0.05, 0) is 30.0 Å². The predicted molar refractivity (Wildman–Crippen MR) is 76.8 cm³/mol.